The molecule has 2 aromatic heterocycles. The molecular weight excluding hydrogens is 543 g/mol. The van der Waals surface area contributed by atoms with Crippen LogP contribution < -0.4 is 5.32 Å². The Kier molecular flexibility index (Phi) is 7.61. The summed E-state index contributed by atoms with van der Waals surface area (Å²) in [5, 5.41) is 12.1. The molecule has 0 aliphatic rings. The molecule has 200 valence electrons. The van der Waals surface area contributed by atoms with Crippen molar-refractivity contribution in [3.05, 3.63) is 65.4 Å². The minimum atomic E-state index is -4.59. The molecule has 0 saturated heterocycles. The smallest absolute Gasteiger partial charge is 0.416 e. The van der Waals surface area contributed by atoms with Crippen LogP contribution in [0.1, 0.15) is 36.6 Å². The molecule has 1 amide bonds. The van der Waals surface area contributed by atoms with Crippen LogP contribution >= 0.6 is 11.3 Å². The van der Waals surface area contributed by atoms with Gasteiger partial charge in [-0.1, -0.05) is 29.6 Å². The number of aryl methyl sites for hydroxylation is 1. The average Bonchev–Trinajstić information content (AvgIpc) is 3.37. The van der Waals surface area contributed by atoms with Crippen LogP contribution in [-0.2, 0) is 32.2 Å². The Balaban J connectivity index is 1.63. The van der Waals surface area contributed by atoms with E-state index in [1.807, 2.05) is 0 Å². The number of fused-ring (bicyclic) bond motifs is 2. The molecule has 0 unspecified atom stereocenters. The second-order valence-electron chi connectivity index (χ2n) is 8.53. The monoisotopic (exact) mass is 565 g/mol. The van der Waals surface area contributed by atoms with Crippen molar-refractivity contribution in [1.82, 2.24) is 8.96 Å². The lowest BCUT2D eigenvalue weighted by atomic mass is 10.1. The van der Waals surface area contributed by atoms with Crippen LogP contribution in [0, 0.1) is 0 Å². The lowest BCUT2D eigenvalue weighted by Gasteiger charge is -2.11. The molecule has 0 bridgehead atoms. The molecule has 38 heavy (non-hydrogen) atoms. The van der Waals surface area contributed by atoms with Crippen LogP contribution in [0.25, 0.3) is 27.2 Å². The zero-order chi connectivity index (χ0) is 27.7. The van der Waals surface area contributed by atoms with Gasteiger partial charge >= 0.3 is 12.1 Å². The van der Waals surface area contributed by atoms with Gasteiger partial charge in [0.2, 0.25) is 15.9 Å². The number of hydrogen-bond acceptors (Lipinski definition) is 6. The van der Waals surface area contributed by atoms with Crippen LogP contribution in [0.5, 0.6) is 0 Å². The fourth-order valence-corrected chi connectivity index (χ4v) is 6.39. The van der Waals surface area contributed by atoms with Gasteiger partial charge in [-0.25, -0.2) is 17.4 Å². The topological polar surface area (TPSA) is 118 Å². The molecule has 0 aliphatic carbocycles. The maximum atomic E-state index is 13.3. The maximum Gasteiger partial charge on any atom is 0.416 e. The highest BCUT2D eigenvalue weighted by atomic mass is 32.2. The fraction of sp³-hybridized carbons (Fsp3) is 0.240. The number of amides is 1. The number of nitrogens with one attached hydrogen (secondary N) is 1. The molecule has 0 aliphatic heterocycles. The van der Waals surface area contributed by atoms with Gasteiger partial charge in [0.15, 0.2) is 5.13 Å². The number of rotatable bonds is 9. The van der Waals surface area contributed by atoms with E-state index in [1.165, 1.54) is 30.4 Å². The molecule has 2 aromatic carbocycles. The largest absolute Gasteiger partial charge is 0.481 e. The van der Waals surface area contributed by atoms with Gasteiger partial charge in [-0.05, 0) is 54.8 Å². The highest BCUT2D eigenvalue weighted by molar-refractivity contribution is 7.90. The van der Waals surface area contributed by atoms with Crippen molar-refractivity contribution < 1.29 is 36.3 Å². The van der Waals surface area contributed by atoms with Crippen LogP contribution in [0.4, 0.5) is 18.3 Å². The molecule has 0 fully saturated rings. The van der Waals surface area contributed by atoms with Crippen molar-refractivity contribution in [3.8, 4) is 0 Å². The van der Waals surface area contributed by atoms with Crippen molar-refractivity contribution in [2.75, 3.05) is 11.1 Å². The van der Waals surface area contributed by atoms with Gasteiger partial charge in [-0.15, -0.1) is 0 Å². The molecule has 2 N–H and O–H groups in total. The maximum absolute atomic E-state index is 13.3. The first-order chi connectivity index (χ1) is 17.8. The summed E-state index contributed by atoms with van der Waals surface area (Å²) in [6.45, 7) is 1.38. The lowest BCUT2D eigenvalue weighted by molar-refractivity contribution is -0.138. The molecule has 2 heterocycles. The molecule has 0 atom stereocenters. The molecule has 0 spiro atoms. The number of carboxylic acids is 1. The van der Waals surface area contributed by atoms with Crippen LogP contribution in [-0.4, -0.2) is 40.1 Å². The Morgan fingerprint density at radius 1 is 1.16 bits per heavy atom. The van der Waals surface area contributed by atoms with Gasteiger partial charge in [0.25, 0.3) is 0 Å². The second kappa shape index (κ2) is 10.6. The Morgan fingerprint density at radius 3 is 2.61 bits per heavy atom. The average molecular weight is 566 g/mol. The number of thiazole rings is 1. The number of benzene rings is 2. The summed E-state index contributed by atoms with van der Waals surface area (Å²) in [5.74, 6) is -1.74. The number of hydrogen-bond donors (Lipinski definition) is 2. The number of carboxylic acid groups (broad SMARTS) is 1. The van der Waals surface area contributed by atoms with E-state index in [1.54, 1.807) is 24.3 Å². The molecule has 0 saturated carbocycles. The Hall–Kier alpha value is -3.71. The number of halogens is 3. The minimum Gasteiger partial charge on any atom is -0.481 e. The third-order valence-electron chi connectivity index (χ3n) is 5.57. The fourth-order valence-electron chi connectivity index (χ4n) is 3.98. The van der Waals surface area contributed by atoms with Gasteiger partial charge < -0.3 is 10.4 Å². The van der Waals surface area contributed by atoms with Gasteiger partial charge in [0.05, 0.1) is 27.0 Å². The molecule has 4 aromatic rings. The molecule has 8 nitrogen and oxygen atoms in total. The van der Waals surface area contributed by atoms with Crippen molar-refractivity contribution in [1.29, 1.82) is 0 Å². The standard InChI is InChI=1S/C25H22F3N3O5S2/c1-15(32)29-24-30-20-9-7-16(12-22(20)37-24)4-3-11-38(35,36)31-19(5-2-6-23(33)34)14-17-13-18(25(26,27)28)8-10-21(17)31/h3-4,7-10,12-14H,2,5-6,11H2,1H3,(H,33,34)(H,29,30,32). The highest BCUT2D eigenvalue weighted by Crippen LogP contribution is 2.33. The van der Waals surface area contributed by atoms with Gasteiger partial charge in [-0.3, -0.25) is 9.59 Å². The lowest BCUT2D eigenvalue weighted by Crippen LogP contribution is -2.18. The second-order valence-corrected chi connectivity index (χ2v) is 11.4. The number of alkyl halides is 3. The first kappa shape index (κ1) is 27.3. The predicted molar refractivity (Wildman–Crippen MR) is 140 cm³/mol. The Labute approximate surface area is 219 Å². The summed E-state index contributed by atoms with van der Waals surface area (Å²) in [7, 11) is -4.05. The molecule has 13 heteroatoms. The first-order valence-electron chi connectivity index (χ1n) is 11.3. The number of carbonyl (C=O) groups is 2. The van der Waals surface area contributed by atoms with Gasteiger partial charge in [0.1, 0.15) is 0 Å². The highest BCUT2D eigenvalue weighted by Gasteiger charge is 2.31. The van der Waals surface area contributed by atoms with Crippen molar-refractivity contribution >= 4 is 65.6 Å². The Bertz CT molecular complexity index is 1670. The van der Waals surface area contributed by atoms with Crippen molar-refractivity contribution in [2.24, 2.45) is 0 Å². The Morgan fingerprint density at radius 2 is 1.92 bits per heavy atom. The normalized spacial score (nSPS) is 12.5. The quantitative estimate of drug-likeness (QED) is 0.276. The number of carbonyl (C=O) groups excluding carboxylic acids is 1. The summed E-state index contributed by atoms with van der Waals surface area (Å²) >= 11 is 1.27. The third kappa shape index (κ3) is 6.22. The van der Waals surface area contributed by atoms with E-state index in [4.69, 9.17) is 5.11 Å². The van der Waals surface area contributed by atoms with Crippen LogP contribution in [0.2, 0.25) is 0 Å². The van der Waals surface area contributed by atoms with E-state index >= 15 is 0 Å². The number of aromatic nitrogens is 2. The van der Waals surface area contributed by atoms with E-state index in [0.29, 0.717) is 16.2 Å². The first-order valence-corrected chi connectivity index (χ1v) is 13.8. The zero-order valence-electron chi connectivity index (χ0n) is 19.9. The molecule has 4 rings (SSSR count). The van der Waals surface area contributed by atoms with Gasteiger partial charge in [-0.2, -0.15) is 13.2 Å². The zero-order valence-corrected chi connectivity index (χ0v) is 21.6. The van der Waals surface area contributed by atoms with Gasteiger partial charge in [0, 0.05) is 24.4 Å². The van der Waals surface area contributed by atoms with E-state index in [2.05, 4.69) is 10.3 Å². The SMILES string of the molecule is CC(=O)Nc1nc2ccc(C=CCS(=O)(=O)n3c(CCCC(=O)O)cc4cc(C(F)(F)F)ccc43)cc2s1. The van der Waals surface area contributed by atoms with Crippen LogP contribution in [0.3, 0.4) is 0 Å². The summed E-state index contributed by atoms with van der Waals surface area (Å²) in [5.41, 5.74) is 0.765. The van der Waals surface area contributed by atoms with Crippen LogP contribution in [0.15, 0.2) is 48.5 Å². The van der Waals surface area contributed by atoms with E-state index in [0.717, 1.165) is 26.9 Å². The summed E-state index contributed by atoms with van der Waals surface area (Å²) in [4.78, 5) is 26.5. The summed E-state index contributed by atoms with van der Waals surface area (Å²) in [6.07, 6.45) is -1.58. The van der Waals surface area contributed by atoms with E-state index < -0.39 is 33.5 Å². The third-order valence-corrected chi connectivity index (χ3v) is 8.11. The van der Waals surface area contributed by atoms with Crippen molar-refractivity contribution in [2.45, 2.75) is 32.4 Å². The van der Waals surface area contributed by atoms with E-state index in [-0.39, 0.29) is 41.8 Å². The van der Waals surface area contributed by atoms with Crippen molar-refractivity contribution in [3.63, 3.8) is 0 Å². The van der Waals surface area contributed by atoms with E-state index in [9.17, 15) is 31.2 Å². The molecule has 0 radical (unpaired) electrons. The number of aliphatic carboxylic acids is 1. The number of anilines is 1. The number of nitrogens with zero attached hydrogens (tertiary/aromatic N) is 2. The summed E-state index contributed by atoms with van der Waals surface area (Å²) in [6, 6.07) is 9.46. The summed E-state index contributed by atoms with van der Waals surface area (Å²) < 4.78 is 68.1. The minimum absolute atomic E-state index is 0.0595. The molecular formula is C25H22F3N3O5S2. The predicted octanol–water partition coefficient (Wildman–Crippen LogP) is 5.53.